The minimum atomic E-state index is -1.26. The van der Waals surface area contributed by atoms with E-state index in [1.54, 1.807) is 7.11 Å². The van der Waals surface area contributed by atoms with Crippen molar-refractivity contribution in [2.24, 2.45) is 5.92 Å². The Kier molecular flexibility index (Phi) is 9.22. The number of aromatic nitrogens is 1. The third-order valence-electron chi connectivity index (χ3n) is 5.87. The lowest BCUT2D eigenvalue weighted by molar-refractivity contribution is -0.134. The number of para-hydroxylation sites is 1. The first-order chi connectivity index (χ1) is 16.5. The highest BCUT2D eigenvalue weighted by Gasteiger charge is 2.20. The average molecular weight is 467 g/mol. The maximum Gasteiger partial charge on any atom is 0.328 e. The Morgan fingerprint density at radius 3 is 2.35 bits per heavy atom. The van der Waals surface area contributed by atoms with E-state index >= 15 is 0 Å². The molecule has 0 amide bonds. The third-order valence-corrected chi connectivity index (χ3v) is 5.87. The number of methoxy groups -OCH3 is 1. The monoisotopic (exact) mass is 466 g/mol. The molecule has 2 N–H and O–H groups in total. The molecule has 0 aliphatic carbocycles. The van der Waals surface area contributed by atoms with E-state index in [2.05, 4.69) is 46.5 Å². The van der Waals surface area contributed by atoms with Gasteiger partial charge in [-0.2, -0.15) is 0 Å². The predicted octanol–water partition coefficient (Wildman–Crippen LogP) is 4.39. The summed E-state index contributed by atoms with van der Waals surface area (Å²) in [6, 6.07) is 16.8. The van der Waals surface area contributed by atoms with Crippen molar-refractivity contribution in [3.8, 4) is 5.75 Å². The maximum atomic E-state index is 9.55. The molecule has 0 saturated carbocycles. The number of carboxylic acid groups (broad SMARTS) is 2. The van der Waals surface area contributed by atoms with E-state index in [1.807, 2.05) is 12.1 Å². The van der Waals surface area contributed by atoms with Gasteiger partial charge in [0.05, 0.1) is 12.8 Å². The van der Waals surface area contributed by atoms with E-state index in [-0.39, 0.29) is 0 Å². The zero-order chi connectivity index (χ0) is 24.3. The van der Waals surface area contributed by atoms with Gasteiger partial charge in [0.15, 0.2) is 5.75 Å². The van der Waals surface area contributed by atoms with E-state index in [0.717, 1.165) is 41.3 Å². The number of rotatable bonds is 8. The number of aryl methyl sites for hydroxylation is 1. The topological polar surface area (TPSA) is 113 Å². The van der Waals surface area contributed by atoms with E-state index in [1.165, 1.54) is 37.9 Å². The summed E-state index contributed by atoms with van der Waals surface area (Å²) in [5.74, 6) is -0.977. The van der Waals surface area contributed by atoms with Gasteiger partial charge in [-0.15, -0.1) is 0 Å². The first-order valence-electron chi connectivity index (χ1n) is 11.3. The van der Waals surface area contributed by atoms with Crippen molar-refractivity contribution in [1.29, 1.82) is 0 Å². The van der Waals surface area contributed by atoms with Crippen LogP contribution in [0.1, 0.15) is 30.5 Å². The van der Waals surface area contributed by atoms with E-state index in [4.69, 9.17) is 19.5 Å². The number of likely N-dealkylation sites (tertiary alicyclic amines) is 1. The third kappa shape index (κ3) is 7.45. The number of carboxylic acids is 2. The zero-order valence-corrected chi connectivity index (χ0v) is 19.2. The van der Waals surface area contributed by atoms with Crippen LogP contribution >= 0.6 is 0 Å². The molecular formula is C26H30N2O6. The van der Waals surface area contributed by atoms with E-state index < -0.39 is 11.9 Å². The first kappa shape index (κ1) is 25.0. The number of benzene rings is 2. The van der Waals surface area contributed by atoms with Gasteiger partial charge in [-0.25, -0.2) is 9.59 Å². The second-order valence-corrected chi connectivity index (χ2v) is 8.22. The minimum absolute atomic E-state index is 0.558. The van der Waals surface area contributed by atoms with Gasteiger partial charge in [0.25, 0.3) is 0 Å². The highest BCUT2D eigenvalue weighted by Crippen LogP contribution is 2.30. The van der Waals surface area contributed by atoms with Gasteiger partial charge in [-0.1, -0.05) is 41.6 Å². The van der Waals surface area contributed by atoms with Gasteiger partial charge < -0.3 is 19.5 Å². The SMILES string of the molecule is COc1cccc2c(CCC3CCN(Cc4ccccc4)CC3)noc12.O=C(O)/C=C/C(=O)O. The summed E-state index contributed by atoms with van der Waals surface area (Å²) in [5.41, 5.74) is 3.24. The number of piperidine rings is 1. The summed E-state index contributed by atoms with van der Waals surface area (Å²) in [7, 11) is 1.67. The maximum absolute atomic E-state index is 9.55. The fraction of sp³-hybridized carbons (Fsp3) is 0.346. The number of ether oxygens (including phenoxy) is 1. The number of nitrogens with zero attached hydrogens (tertiary/aromatic N) is 2. The Hall–Kier alpha value is -3.65. The Morgan fingerprint density at radius 2 is 1.74 bits per heavy atom. The number of hydrogen-bond acceptors (Lipinski definition) is 6. The van der Waals surface area contributed by atoms with Crippen LogP contribution in [0.25, 0.3) is 11.0 Å². The van der Waals surface area contributed by atoms with Crippen molar-refractivity contribution in [2.75, 3.05) is 20.2 Å². The molecule has 1 aliphatic rings. The fourth-order valence-electron chi connectivity index (χ4n) is 4.09. The van der Waals surface area contributed by atoms with Crippen molar-refractivity contribution in [2.45, 2.75) is 32.2 Å². The molecule has 3 aromatic rings. The van der Waals surface area contributed by atoms with E-state index in [9.17, 15) is 9.59 Å². The Balaban J connectivity index is 0.000000350. The molecule has 2 heterocycles. The van der Waals surface area contributed by atoms with Gasteiger partial charge in [0.1, 0.15) is 0 Å². The van der Waals surface area contributed by atoms with Crippen LogP contribution in [0.5, 0.6) is 5.75 Å². The Morgan fingerprint density at radius 1 is 1.06 bits per heavy atom. The Labute approximate surface area is 198 Å². The highest BCUT2D eigenvalue weighted by molar-refractivity contribution is 5.89. The van der Waals surface area contributed by atoms with Crippen LogP contribution in [-0.2, 0) is 22.6 Å². The molecule has 1 saturated heterocycles. The van der Waals surface area contributed by atoms with Gasteiger partial charge >= 0.3 is 11.9 Å². The first-order valence-corrected chi connectivity index (χ1v) is 11.3. The minimum Gasteiger partial charge on any atom is -0.493 e. The quantitative estimate of drug-likeness (QED) is 0.470. The number of aliphatic carboxylic acids is 2. The molecule has 180 valence electrons. The van der Waals surface area contributed by atoms with Gasteiger partial charge in [-0.05, 0) is 62.4 Å². The van der Waals surface area contributed by atoms with Gasteiger partial charge in [0.2, 0.25) is 5.58 Å². The second-order valence-electron chi connectivity index (χ2n) is 8.22. The van der Waals surface area contributed by atoms with Crippen LogP contribution in [0.2, 0.25) is 0 Å². The summed E-state index contributed by atoms with van der Waals surface area (Å²) >= 11 is 0. The molecule has 0 unspecified atom stereocenters. The zero-order valence-electron chi connectivity index (χ0n) is 19.2. The van der Waals surface area contributed by atoms with Gasteiger partial charge in [0, 0.05) is 24.1 Å². The summed E-state index contributed by atoms with van der Waals surface area (Å²) in [6.45, 7) is 3.45. The molecule has 0 radical (unpaired) electrons. The van der Waals surface area contributed by atoms with Crippen LogP contribution in [0.15, 0.2) is 65.2 Å². The number of fused-ring (bicyclic) bond motifs is 1. The highest BCUT2D eigenvalue weighted by atomic mass is 16.5. The molecule has 8 heteroatoms. The van der Waals surface area contributed by atoms with Crippen LogP contribution < -0.4 is 4.74 Å². The molecule has 1 aliphatic heterocycles. The summed E-state index contributed by atoms with van der Waals surface area (Å²) in [6.07, 6.45) is 5.81. The van der Waals surface area contributed by atoms with Crippen LogP contribution in [0.4, 0.5) is 0 Å². The molecule has 1 fully saturated rings. The van der Waals surface area contributed by atoms with Crippen LogP contribution in [0.3, 0.4) is 0 Å². The summed E-state index contributed by atoms with van der Waals surface area (Å²) in [5, 5.41) is 21.0. The molecule has 8 nitrogen and oxygen atoms in total. The molecule has 34 heavy (non-hydrogen) atoms. The van der Waals surface area contributed by atoms with Crippen LogP contribution in [0, 0.1) is 5.92 Å². The standard InChI is InChI=1S/C22H26N2O2.C4H4O4/c1-25-21-9-5-8-19-20(23-26-22(19)21)11-10-17-12-14-24(15-13-17)16-18-6-3-2-4-7-18;5-3(6)1-2-4(7)8/h2-9,17H,10-16H2,1H3;1-2H,(H,5,6)(H,7,8)/b;2-1+. The molecular weight excluding hydrogens is 436 g/mol. The second kappa shape index (κ2) is 12.6. The van der Waals surface area contributed by atoms with Gasteiger partial charge in [-0.3, -0.25) is 4.90 Å². The largest absolute Gasteiger partial charge is 0.493 e. The van der Waals surface area contributed by atoms with Crippen molar-refractivity contribution in [3.05, 3.63) is 71.9 Å². The molecule has 4 rings (SSSR count). The number of carbonyl (C=O) groups is 2. The fourth-order valence-corrected chi connectivity index (χ4v) is 4.09. The lowest BCUT2D eigenvalue weighted by Crippen LogP contribution is -2.33. The number of hydrogen-bond donors (Lipinski definition) is 2. The molecule has 2 aromatic carbocycles. The molecule has 1 aromatic heterocycles. The van der Waals surface area contributed by atoms with Crippen molar-refractivity contribution >= 4 is 22.9 Å². The predicted molar refractivity (Wildman–Crippen MR) is 128 cm³/mol. The summed E-state index contributed by atoms with van der Waals surface area (Å²) < 4.78 is 10.9. The van der Waals surface area contributed by atoms with Crippen molar-refractivity contribution in [1.82, 2.24) is 10.1 Å². The van der Waals surface area contributed by atoms with Crippen LogP contribution in [-0.4, -0.2) is 52.4 Å². The average Bonchev–Trinajstić information content (AvgIpc) is 3.27. The molecule has 0 atom stereocenters. The normalized spacial score (nSPS) is 14.6. The van der Waals surface area contributed by atoms with E-state index in [0.29, 0.717) is 12.2 Å². The van der Waals surface area contributed by atoms with Crippen molar-refractivity contribution in [3.63, 3.8) is 0 Å². The molecule has 0 bridgehead atoms. The smallest absolute Gasteiger partial charge is 0.328 e. The summed E-state index contributed by atoms with van der Waals surface area (Å²) in [4.78, 5) is 21.7. The Bertz CT molecular complexity index is 1080. The molecule has 0 spiro atoms. The lowest BCUT2D eigenvalue weighted by atomic mass is 9.91. The van der Waals surface area contributed by atoms with Crippen molar-refractivity contribution < 1.29 is 29.1 Å². The lowest BCUT2D eigenvalue weighted by Gasteiger charge is -2.31.